The molecule has 126 valence electrons. The molecule has 0 heterocycles. The van der Waals surface area contributed by atoms with Crippen LogP contribution in [0.2, 0.25) is 0 Å². The van der Waals surface area contributed by atoms with Crippen molar-refractivity contribution in [1.29, 1.82) is 0 Å². The number of hydrogen-bond donors (Lipinski definition) is 0. The van der Waals surface area contributed by atoms with E-state index in [1.54, 1.807) is 20.2 Å². The standard InChI is InChI=1S/C20H21F2NO/c1-6-23-19-9-14(4)20(24-5)10-16(19)12(2)7-15-8-13(3)17(21)11-18(15)22/h6,8-11H,2,7H2,1,3-5H3. The summed E-state index contributed by atoms with van der Waals surface area (Å²) >= 11 is 0. The monoisotopic (exact) mass is 329 g/mol. The van der Waals surface area contributed by atoms with E-state index in [2.05, 4.69) is 11.6 Å². The number of ether oxygens (including phenoxy) is 1. The summed E-state index contributed by atoms with van der Waals surface area (Å²) in [6.45, 7) is 9.45. The summed E-state index contributed by atoms with van der Waals surface area (Å²) in [6, 6.07) is 6.20. The van der Waals surface area contributed by atoms with Crippen molar-refractivity contribution in [3.05, 3.63) is 64.7 Å². The lowest BCUT2D eigenvalue weighted by Crippen LogP contribution is -1.98. The first-order chi connectivity index (χ1) is 11.4. The molecule has 24 heavy (non-hydrogen) atoms. The molecule has 0 amide bonds. The highest BCUT2D eigenvalue weighted by molar-refractivity contribution is 5.79. The number of benzene rings is 2. The number of methoxy groups -OCH3 is 1. The Morgan fingerprint density at radius 1 is 1.12 bits per heavy atom. The van der Waals surface area contributed by atoms with Crippen LogP contribution in [0.15, 0.2) is 35.8 Å². The van der Waals surface area contributed by atoms with Crippen LogP contribution in [-0.2, 0) is 6.42 Å². The van der Waals surface area contributed by atoms with Crippen LogP contribution < -0.4 is 4.74 Å². The van der Waals surface area contributed by atoms with E-state index in [1.165, 1.54) is 6.07 Å². The lowest BCUT2D eigenvalue weighted by atomic mass is 9.95. The van der Waals surface area contributed by atoms with Crippen molar-refractivity contribution in [3.8, 4) is 5.75 Å². The summed E-state index contributed by atoms with van der Waals surface area (Å²) in [5.41, 5.74) is 4.01. The second-order valence-corrected chi connectivity index (χ2v) is 5.70. The van der Waals surface area contributed by atoms with Crippen molar-refractivity contribution in [2.24, 2.45) is 4.99 Å². The molecule has 2 aromatic rings. The van der Waals surface area contributed by atoms with Crippen LogP contribution in [0, 0.1) is 25.5 Å². The second kappa shape index (κ2) is 7.39. The van der Waals surface area contributed by atoms with Crippen LogP contribution in [0.3, 0.4) is 0 Å². The fraction of sp³-hybridized carbons (Fsp3) is 0.250. The van der Waals surface area contributed by atoms with E-state index in [9.17, 15) is 8.78 Å². The topological polar surface area (TPSA) is 21.6 Å². The van der Waals surface area contributed by atoms with Crippen molar-refractivity contribution in [3.63, 3.8) is 0 Å². The molecule has 2 rings (SSSR count). The van der Waals surface area contributed by atoms with E-state index in [-0.39, 0.29) is 6.42 Å². The fourth-order valence-electron chi connectivity index (χ4n) is 2.60. The highest BCUT2D eigenvalue weighted by Gasteiger charge is 2.14. The Balaban J connectivity index is 2.44. The number of aliphatic imine (C=N–C) groups is 1. The summed E-state index contributed by atoms with van der Waals surface area (Å²) in [6.07, 6.45) is 1.96. The molecule has 0 unspecified atom stereocenters. The Hall–Kier alpha value is -2.49. The highest BCUT2D eigenvalue weighted by Crippen LogP contribution is 2.34. The maximum Gasteiger partial charge on any atom is 0.129 e. The average molecular weight is 329 g/mol. The van der Waals surface area contributed by atoms with Crippen LogP contribution in [0.25, 0.3) is 5.57 Å². The number of allylic oxidation sites excluding steroid dienone is 1. The van der Waals surface area contributed by atoms with Crippen LogP contribution >= 0.6 is 0 Å². The van der Waals surface area contributed by atoms with Crippen LogP contribution in [0.1, 0.15) is 29.2 Å². The van der Waals surface area contributed by atoms with E-state index in [4.69, 9.17) is 4.74 Å². The molecule has 0 fully saturated rings. The van der Waals surface area contributed by atoms with E-state index in [0.29, 0.717) is 16.7 Å². The van der Waals surface area contributed by atoms with Gasteiger partial charge in [0.15, 0.2) is 0 Å². The van der Waals surface area contributed by atoms with Gasteiger partial charge >= 0.3 is 0 Å². The van der Waals surface area contributed by atoms with Gasteiger partial charge in [-0.3, -0.25) is 4.99 Å². The van der Waals surface area contributed by atoms with E-state index in [1.807, 2.05) is 26.0 Å². The van der Waals surface area contributed by atoms with E-state index >= 15 is 0 Å². The predicted molar refractivity (Wildman–Crippen MR) is 95.4 cm³/mol. The Morgan fingerprint density at radius 3 is 2.46 bits per heavy atom. The fourth-order valence-corrected chi connectivity index (χ4v) is 2.60. The minimum absolute atomic E-state index is 0.269. The molecule has 0 saturated heterocycles. The van der Waals surface area contributed by atoms with Gasteiger partial charge in [0.05, 0.1) is 12.8 Å². The molecular formula is C20H21F2NO. The van der Waals surface area contributed by atoms with Gasteiger partial charge in [0, 0.05) is 24.3 Å². The molecule has 0 radical (unpaired) electrons. The molecule has 2 nitrogen and oxygen atoms in total. The minimum Gasteiger partial charge on any atom is -0.496 e. The molecule has 4 heteroatoms. The molecule has 0 N–H and O–H groups in total. The van der Waals surface area contributed by atoms with Gasteiger partial charge < -0.3 is 4.74 Å². The van der Waals surface area contributed by atoms with Gasteiger partial charge in [0.1, 0.15) is 17.4 Å². The van der Waals surface area contributed by atoms with Crippen LogP contribution in [0.5, 0.6) is 5.75 Å². The highest BCUT2D eigenvalue weighted by atomic mass is 19.1. The molecule has 2 aromatic carbocycles. The first kappa shape index (κ1) is 17.9. The first-order valence-electron chi connectivity index (χ1n) is 7.67. The second-order valence-electron chi connectivity index (χ2n) is 5.70. The Morgan fingerprint density at radius 2 is 1.83 bits per heavy atom. The molecule has 0 aromatic heterocycles. The number of aryl methyl sites for hydroxylation is 2. The van der Waals surface area contributed by atoms with Gasteiger partial charge in [-0.15, -0.1) is 0 Å². The van der Waals surface area contributed by atoms with E-state index < -0.39 is 11.6 Å². The van der Waals surface area contributed by atoms with Gasteiger partial charge in [-0.2, -0.15) is 0 Å². The van der Waals surface area contributed by atoms with Crippen molar-refractivity contribution < 1.29 is 13.5 Å². The third kappa shape index (κ3) is 3.70. The normalized spacial score (nSPS) is 11.1. The summed E-state index contributed by atoms with van der Waals surface area (Å²) in [5, 5.41) is 0. The van der Waals surface area contributed by atoms with Gasteiger partial charge in [-0.05, 0) is 61.2 Å². The van der Waals surface area contributed by atoms with Crippen molar-refractivity contribution in [1.82, 2.24) is 0 Å². The van der Waals surface area contributed by atoms with Gasteiger partial charge in [0.25, 0.3) is 0 Å². The van der Waals surface area contributed by atoms with Crippen molar-refractivity contribution in [2.45, 2.75) is 27.2 Å². The molecule has 0 saturated carbocycles. The SMILES string of the molecule is C=C(Cc1cc(C)c(F)cc1F)c1cc(OC)c(C)cc1N=CC. The molecule has 0 aliphatic heterocycles. The number of nitrogens with zero attached hydrogens (tertiary/aromatic N) is 1. The minimum atomic E-state index is -0.570. The molecule has 0 bridgehead atoms. The lowest BCUT2D eigenvalue weighted by Gasteiger charge is -2.14. The maximum atomic E-state index is 14.0. The summed E-state index contributed by atoms with van der Waals surface area (Å²) in [4.78, 5) is 4.36. The zero-order chi connectivity index (χ0) is 17.9. The zero-order valence-corrected chi connectivity index (χ0v) is 14.4. The largest absolute Gasteiger partial charge is 0.496 e. The summed E-state index contributed by atoms with van der Waals surface area (Å²) in [5.74, 6) is -0.397. The molecule has 0 aliphatic carbocycles. The lowest BCUT2D eigenvalue weighted by molar-refractivity contribution is 0.411. The first-order valence-corrected chi connectivity index (χ1v) is 7.67. The number of rotatable bonds is 5. The third-order valence-electron chi connectivity index (χ3n) is 3.89. The third-order valence-corrected chi connectivity index (χ3v) is 3.89. The Kier molecular flexibility index (Phi) is 5.50. The predicted octanol–water partition coefficient (Wildman–Crippen LogP) is 5.57. The molecule has 0 aliphatic rings. The van der Waals surface area contributed by atoms with Crippen LogP contribution in [0.4, 0.5) is 14.5 Å². The van der Waals surface area contributed by atoms with Gasteiger partial charge in [-0.25, -0.2) is 8.78 Å². The van der Waals surface area contributed by atoms with Gasteiger partial charge in [-0.1, -0.05) is 6.58 Å². The van der Waals surface area contributed by atoms with Crippen LogP contribution in [-0.4, -0.2) is 13.3 Å². The van der Waals surface area contributed by atoms with Crippen molar-refractivity contribution in [2.75, 3.05) is 7.11 Å². The summed E-state index contributed by atoms with van der Waals surface area (Å²) in [7, 11) is 1.60. The molecule has 0 spiro atoms. The zero-order valence-electron chi connectivity index (χ0n) is 14.4. The molecule has 0 atom stereocenters. The molecular weight excluding hydrogens is 308 g/mol. The maximum absolute atomic E-state index is 14.0. The quantitative estimate of drug-likeness (QED) is 0.657. The van der Waals surface area contributed by atoms with Gasteiger partial charge in [0.2, 0.25) is 0 Å². The smallest absolute Gasteiger partial charge is 0.129 e. The Labute approximate surface area is 141 Å². The Bertz CT molecular complexity index is 810. The number of halogens is 2. The van der Waals surface area contributed by atoms with E-state index in [0.717, 1.165) is 28.6 Å². The summed E-state index contributed by atoms with van der Waals surface area (Å²) < 4.78 is 32.8. The average Bonchev–Trinajstić information content (AvgIpc) is 2.53. The van der Waals surface area contributed by atoms with Crippen molar-refractivity contribution >= 4 is 17.5 Å². The number of hydrogen-bond acceptors (Lipinski definition) is 2.